The largest absolute Gasteiger partial charge is 0.465 e. The van der Waals surface area contributed by atoms with Gasteiger partial charge in [0.25, 0.3) is 0 Å². The van der Waals surface area contributed by atoms with Crippen LogP contribution in [0.15, 0.2) is 0 Å². The fraction of sp³-hybridized carbons (Fsp3) is 0.938. The Kier molecular flexibility index (Phi) is 6.46. The van der Waals surface area contributed by atoms with Crippen molar-refractivity contribution in [2.45, 2.75) is 59.4 Å². The molecule has 4 nitrogen and oxygen atoms in total. The predicted molar refractivity (Wildman–Crippen MR) is 82.8 cm³/mol. The molecule has 0 aromatic rings. The molecule has 0 radical (unpaired) electrons. The van der Waals surface area contributed by atoms with Gasteiger partial charge in [-0.05, 0) is 58.2 Å². The molecule has 0 aliphatic carbocycles. The van der Waals surface area contributed by atoms with Gasteiger partial charge in [-0.1, -0.05) is 20.8 Å². The van der Waals surface area contributed by atoms with Crippen LogP contribution in [0.1, 0.15) is 53.9 Å². The lowest BCUT2D eigenvalue weighted by molar-refractivity contribution is -0.151. The van der Waals surface area contributed by atoms with E-state index in [1.807, 2.05) is 20.8 Å². The second kappa shape index (κ2) is 7.41. The number of rotatable bonds is 7. The van der Waals surface area contributed by atoms with Gasteiger partial charge < -0.3 is 15.0 Å². The minimum absolute atomic E-state index is 0.126. The molecule has 1 rings (SSSR count). The fourth-order valence-electron chi connectivity index (χ4n) is 2.71. The highest BCUT2D eigenvalue weighted by Crippen LogP contribution is 2.30. The smallest absolute Gasteiger partial charge is 0.326 e. The number of hydrogen-bond acceptors (Lipinski definition) is 4. The van der Waals surface area contributed by atoms with Crippen molar-refractivity contribution in [1.82, 2.24) is 10.2 Å². The predicted octanol–water partition coefficient (Wildman–Crippen LogP) is 2.43. The molecule has 0 spiro atoms. The fourth-order valence-corrected chi connectivity index (χ4v) is 2.71. The van der Waals surface area contributed by atoms with Gasteiger partial charge in [-0.15, -0.1) is 0 Å². The molecule has 1 N–H and O–H groups in total. The Morgan fingerprint density at radius 1 is 1.30 bits per heavy atom. The maximum absolute atomic E-state index is 12.1. The van der Waals surface area contributed by atoms with Crippen LogP contribution in [0.2, 0.25) is 0 Å². The van der Waals surface area contributed by atoms with Gasteiger partial charge in [0.15, 0.2) is 0 Å². The summed E-state index contributed by atoms with van der Waals surface area (Å²) in [5.41, 5.74) is -0.0830. The van der Waals surface area contributed by atoms with E-state index in [0.717, 1.165) is 32.6 Å². The van der Waals surface area contributed by atoms with Crippen LogP contribution < -0.4 is 5.32 Å². The Balaban J connectivity index is 2.49. The first-order chi connectivity index (χ1) is 9.33. The molecule has 0 aromatic carbocycles. The van der Waals surface area contributed by atoms with Crippen LogP contribution in [-0.4, -0.2) is 49.2 Å². The highest BCUT2D eigenvalue weighted by atomic mass is 16.5. The second-order valence-electron chi connectivity index (χ2n) is 6.84. The first-order valence-corrected chi connectivity index (χ1v) is 7.97. The molecule has 4 heteroatoms. The van der Waals surface area contributed by atoms with Crippen LogP contribution in [0.4, 0.5) is 0 Å². The Bertz CT molecular complexity index is 308. The van der Waals surface area contributed by atoms with Gasteiger partial charge in [0.1, 0.15) is 5.54 Å². The maximum Gasteiger partial charge on any atom is 0.326 e. The number of nitrogens with zero attached hydrogens (tertiary/aromatic N) is 1. The summed E-state index contributed by atoms with van der Waals surface area (Å²) in [6.07, 6.45) is 3.29. The van der Waals surface area contributed by atoms with E-state index in [9.17, 15) is 4.79 Å². The quantitative estimate of drug-likeness (QED) is 0.729. The summed E-state index contributed by atoms with van der Waals surface area (Å²) >= 11 is 0. The average Bonchev–Trinajstić information content (AvgIpc) is 2.38. The van der Waals surface area contributed by atoms with Crippen LogP contribution in [0.3, 0.4) is 0 Å². The topological polar surface area (TPSA) is 41.6 Å². The second-order valence-corrected chi connectivity index (χ2v) is 6.84. The molecule has 1 aliphatic heterocycles. The van der Waals surface area contributed by atoms with Crippen LogP contribution in [0, 0.1) is 5.41 Å². The van der Waals surface area contributed by atoms with Crippen molar-refractivity contribution in [3.63, 3.8) is 0 Å². The Labute approximate surface area is 124 Å². The Morgan fingerprint density at radius 2 is 1.90 bits per heavy atom. The van der Waals surface area contributed by atoms with E-state index in [4.69, 9.17) is 4.74 Å². The third-order valence-corrected chi connectivity index (χ3v) is 4.43. The van der Waals surface area contributed by atoms with E-state index in [0.29, 0.717) is 12.0 Å². The number of likely N-dealkylation sites (N-methyl/N-ethyl adjacent to an activating group) is 1. The van der Waals surface area contributed by atoms with Gasteiger partial charge in [0.2, 0.25) is 0 Å². The summed E-state index contributed by atoms with van der Waals surface area (Å²) in [7, 11) is 0. The van der Waals surface area contributed by atoms with Gasteiger partial charge >= 0.3 is 5.97 Å². The number of likely N-dealkylation sites (tertiary alicyclic amines) is 1. The molecule has 0 amide bonds. The van der Waals surface area contributed by atoms with Crippen molar-refractivity contribution in [1.29, 1.82) is 0 Å². The zero-order chi connectivity index (χ0) is 15.2. The highest BCUT2D eigenvalue weighted by molar-refractivity contribution is 5.80. The van der Waals surface area contributed by atoms with Crippen LogP contribution in [0.5, 0.6) is 0 Å². The number of hydrogen-bond donors (Lipinski definition) is 1. The molecular weight excluding hydrogens is 252 g/mol. The molecule has 1 aliphatic rings. The molecule has 1 atom stereocenters. The van der Waals surface area contributed by atoms with Gasteiger partial charge in [0.05, 0.1) is 6.61 Å². The third-order valence-electron chi connectivity index (χ3n) is 4.43. The molecule has 1 heterocycles. The van der Waals surface area contributed by atoms with Crippen molar-refractivity contribution < 1.29 is 9.53 Å². The molecule has 0 saturated carbocycles. The highest BCUT2D eigenvalue weighted by Gasteiger charge is 2.34. The molecule has 1 unspecified atom stereocenters. The van der Waals surface area contributed by atoms with Crippen molar-refractivity contribution in [2.75, 3.05) is 32.8 Å². The van der Waals surface area contributed by atoms with E-state index < -0.39 is 5.54 Å². The normalized spacial score (nSPS) is 22.2. The molecule has 1 fully saturated rings. The number of nitrogens with one attached hydrogen (secondary N) is 1. The monoisotopic (exact) mass is 284 g/mol. The maximum atomic E-state index is 12.1. The van der Waals surface area contributed by atoms with E-state index in [1.54, 1.807) is 0 Å². The standard InChI is InChI=1S/C16H32N2O2/c1-6-17-16(5,14(19)20-7-2)10-13-18-11-8-15(3,4)9-12-18/h17H,6-13H2,1-5H3. The Hall–Kier alpha value is -0.610. The number of carbonyl (C=O) groups excluding carboxylic acids is 1. The molecular formula is C16H32N2O2. The lowest BCUT2D eigenvalue weighted by Gasteiger charge is -2.38. The minimum atomic E-state index is -0.558. The van der Waals surface area contributed by atoms with E-state index in [2.05, 4.69) is 24.1 Å². The number of ether oxygens (including phenoxy) is 1. The summed E-state index contributed by atoms with van der Waals surface area (Å²) in [5.74, 6) is -0.126. The minimum Gasteiger partial charge on any atom is -0.465 e. The lowest BCUT2D eigenvalue weighted by atomic mass is 9.82. The van der Waals surface area contributed by atoms with Gasteiger partial charge in [0, 0.05) is 6.54 Å². The summed E-state index contributed by atoms with van der Waals surface area (Å²) in [6, 6.07) is 0. The van der Waals surface area contributed by atoms with Gasteiger partial charge in [-0.25, -0.2) is 0 Å². The van der Waals surface area contributed by atoms with E-state index in [-0.39, 0.29) is 5.97 Å². The van der Waals surface area contributed by atoms with E-state index >= 15 is 0 Å². The zero-order valence-corrected chi connectivity index (χ0v) is 13.9. The van der Waals surface area contributed by atoms with Gasteiger partial charge in [-0.2, -0.15) is 0 Å². The zero-order valence-electron chi connectivity index (χ0n) is 13.9. The van der Waals surface area contributed by atoms with Crippen LogP contribution >= 0.6 is 0 Å². The first kappa shape index (κ1) is 17.4. The lowest BCUT2D eigenvalue weighted by Crippen LogP contribution is -2.52. The van der Waals surface area contributed by atoms with Crippen molar-refractivity contribution in [2.24, 2.45) is 5.41 Å². The van der Waals surface area contributed by atoms with Crippen LogP contribution in [0.25, 0.3) is 0 Å². The Morgan fingerprint density at radius 3 is 2.40 bits per heavy atom. The number of carbonyl (C=O) groups is 1. The molecule has 0 aromatic heterocycles. The number of piperidine rings is 1. The average molecular weight is 284 g/mol. The third kappa shape index (κ3) is 5.06. The number of esters is 1. The summed E-state index contributed by atoms with van der Waals surface area (Å²) in [4.78, 5) is 14.6. The van der Waals surface area contributed by atoms with E-state index in [1.165, 1.54) is 12.8 Å². The molecule has 20 heavy (non-hydrogen) atoms. The molecule has 0 bridgehead atoms. The van der Waals surface area contributed by atoms with Crippen molar-refractivity contribution >= 4 is 5.97 Å². The summed E-state index contributed by atoms with van der Waals surface area (Å²) < 4.78 is 5.21. The molecule has 118 valence electrons. The molecule has 1 saturated heterocycles. The van der Waals surface area contributed by atoms with Gasteiger partial charge in [-0.3, -0.25) is 4.79 Å². The summed E-state index contributed by atoms with van der Waals surface area (Å²) in [6.45, 7) is 15.0. The first-order valence-electron chi connectivity index (χ1n) is 7.97. The van der Waals surface area contributed by atoms with Crippen molar-refractivity contribution in [3.8, 4) is 0 Å². The van der Waals surface area contributed by atoms with Crippen molar-refractivity contribution in [3.05, 3.63) is 0 Å². The SMILES string of the molecule is CCNC(C)(CCN1CCC(C)(C)CC1)C(=O)OCC. The van der Waals surface area contributed by atoms with Crippen LogP contribution in [-0.2, 0) is 9.53 Å². The summed E-state index contributed by atoms with van der Waals surface area (Å²) in [5, 5.41) is 3.30.